The molecule has 0 aromatic heterocycles. The molecule has 0 aliphatic carbocycles. The van der Waals surface area contributed by atoms with Crippen LogP contribution in [0.1, 0.15) is 194 Å². The van der Waals surface area contributed by atoms with Gasteiger partial charge in [-0.2, -0.15) is 0 Å². The van der Waals surface area contributed by atoms with Gasteiger partial charge in [0.15, 0.2) is 0 Å². The Labute approximate surface area is 220 Å². The summed E-state index contributed by atoms with van der Waals surface area (Å²) in [5.41, 5.74) is 0. The van der Waals surface area contributed by atoms with Gasteiger partial charge in [0.05, 0.1) is 0 Å². The van der Waals surface area contributed by atoms with Crippen molar-refractivity contribution < 1.29 is 0 Å². The molecular formula is C33H69P. The fraction of sp³-hybridized carbons (Fsp3) is 1.00. The number of hydrogen-bond acceptors (Lipinski definition) is 0. The Kier molecular flexibility index (Phi) is 31.9. The number of rotatable bonds is 30. The summed E-state index contributed by atoms with van der Waals surface area (Å²) in [5, 5.41) is 0. The minimum Gasteiger partial charge on any atom is -0.110 e. The predicted molar refractivity (Wildman–Crippen MR) is 163 cm³/mol. The van der Waals surface area contributed by atoms with E-state index in [1.54, 1.807) is 12.3 Å². The van der Waals surface area contributed by atoms with Crippen LogP contribution >= 0.6 is 7.92 Å². The van der Waals surface area contributed by atoms with Gasteiger partial charge in [0, 0.05) is 0 Å². The van der Waals surface area contributed by atoms with Crippen LogP contribution in [0.15, 0.2) is 0 Å². The SMILES string of the molecule is CCCCCCCCCCCCCCCCP(C)CCCCCCCCCCCCCCCC. The van der Waals surface area contributed by atoms with Gasteiger partial charge in [0.1, 0.15) is 0 Å². The van der Waals surface area contributed by atoms with Crippen molar-refractivity contribution in [3.63, 3.8) is 0 Å². The Morgan fingerprint density at radius 2 is 0.441 bits per heavy atom. The smallest absolute Gasteiger partial charge is 0.0328 e. The summed E-state index contributed by atoms with van der Waals surface area (Å²) < 4.78 is 0. The lowest BCUT2D eigenvalue weighted by molar-refractivity contribution is 0.538. The van der Waals surface area contributed by atoms with E-state index in [9.17, 15) is 0 Å². The fourth-order valence-electron chi connectivity index (χ4n) is 5.26. The summed E-state index contributed by atoms with van der Waals surface area (Å²) >= 11 is 0. The average Bonchev–Trinajstić information content (AvgIpc) is 2.84. The van der Waals surface area contributed by atoms with Crippen LogP contribution in [0, 0.1) is 0 Å². The highest BCUT2D eigenvalue weighted by molar-refractivity contribution is 7.56. The van der Waals surface area contributed by atoms with Crippen LogP contribution in [-0.2, 0) is 0 Å². The number of unbranched alkanes of at least 4 members (excludes halogenated alkanes) is 26. The second-order valence-corrected chi connectivity index (χ2v) is 14.1. The minimum absolute atomic E-state index is 0.338. The quantitative estimate of drug-likeness (QED) is 0.0685. The molecule has 0 atom stereocenters. The van der Waals surface area contributed by atoms with E-state index >= 15 is 0 Å². The normalized spacial score (nSPS) is 11.6. The van der Waals surface area contributed by atoms with Gasteiger partial charge < -0.3 is 0 Å². The Bertz CT molecular complexity index is 307. The minimum atomic E-state index is 0.338. The van der Waals surface area contributed by atoms with Crippen LogP contribution in [0.3, 0.4) is 0 Å². The molecule has 0 fully saturated rings. The van der Waals surface area contributed by atoms with Gasteiger partial charge in [0.2, 0.25) is 0 Å². The largest absolute Gasteiger partial charge is 0.110 e. The summed E-state index contributed by atoms with van der Waals surface area (Å²) in [6.07, 6.45) is 44.5. The van der Waals surface area contributed by atoms with E-state index < -0.39 is 0 Å². The summed E-state index contributed by atoms with van der Waals surface area (Å²) in [6.45, 7) is 7.19. The van der Waals surface area contributed by atoms with E-state index in [-0.39, 0.29) is 0 Å². The van der Waals surface area contributed by atoms with Crippen molar-refractivity contribution in [2.75, 3.05) is 19.0 Å². The predicted octanol–water partition coefficient (Wildman–Crippen LogP) is 13.1. The fourth-order valence-corrected chi connectivity index (χ4v) is 7.01. The van der Waals surface area contributed by atoms with Crippen LogP contribution in [-0.4, -0.2) is 19.0 Å². The highest BCUT2D eigenvalue weighted by Crippen LogP contribution is 2.33. The first-order chi connectivity index (χ1) is 16.8. The van der Waals surface area contributed by atoms with Crippen molar-refractivity contribution in [1.29, 1.82) is 0 Å². The lowest BCUT2D eigenvalue weighted by Gasteiger charge is -2.12. The van der Waals surface area contributed by atoms with Crippen molar-refractivity contribution >= 4 is 7.92 Å². The number of hydrogen-bond donors (Lipinski definition) is 0. The molecule has 0 aromatic carbocycles. The van der Waals surface area contributed by atoms with Gasteiger partial charge in [-0.1, -0.05) is 181 Å². The van der Waals surface area contributed by atoms with Gasteiger partial charge >= 0.3 is 0 Å². The molecule has 1 heteroatoms. The van der Waals surface area contributed by atoms with E-state index in [0.717, 1.165) is 0 Å². The highest BCUT2D eigenvalue weighted by Gasteiger charge is 2.02. The highest BCUT2D eigenvalue weighted by atomic mass is 31.1. The Morgan fingerprint density at radius 3 is 0.647 bits per heavy atom. The summed E-state index contributed by atoms with van der Waals surface area (Å²) in [7, 11) is 0.338. The zero-order chi connectivity index (χ0) is 24.8. The molecule has 0 N–H and O–H groups in total. The molecule has 0 saturated carbocycles. The summed E-state index contributed by atoms with van der Waals surface area (Å²) in [4.78, 5) is 0. The maximum atomic E-state index is 2.57. The third-order valence-electron chi connectivity index (χ3n) is 7.79. The van der Waals surface area contributed by atoms with E-state index in [1.165, 1.54) is 180 Å². The Hall–Kier alpha value is 0.430. The molecule has 0 bridgehead atoms. The van der Waals surface area contributed by atoms with Crippen molar-refractivity contribution in [2.24, 2.45) is 0 Å². The average molecular weight is 497 g/mol. The molecule has 0 amide bonds. The molecule has 0 nitrogen and oxygen atoms in total. The molecule has 0 saturated heterocycles. The molecule has 0 unspecified atom stereocenters. The first-order valence-corrected chi connectivity index (χ1v) is 18.7. The molecule has 0 heterocycles. The van der Waals surface area contributed by atoms with Gasteiger partial charge in [-0.05, 0) is 31.8 Å². The van der Waals surface area contributed by atoms with Crippen LogP contribution in [0.2, 0.25) is 0 Å². The van der Waals surface area contributed by atoms with Gasteiger partial charge in [-0.25, -0.2) is 0 Å². The monoisotopic (exact) mass is 497 g/mol. The van der Waals surface area contributed by atoms with Gasteiger partial charge in [0.25, 0.3) is 0 Å². The second-order valence-electron chi connectivity index (χ2n) is 11.5. The molecule has 0 aliphatic heterocycles. The lowest BCUT2D eigenvalue weighted by atomic mass is 10.0. The van der Waals surface area contributed by atoms with E-state index in [1.807, 2.05) is 0 Å². The molecule has 0 aromatic rings. The van der Waals surface area contributed by atoms with Crippen LogP contribution < -0.4 is 0 Å². The maximum Gasteiger partial charge on any atom is -0.0328 e. The third kappa shape index (κ3) is 30.5. The summed E-state index contributed by atoms with van der Waals surface area (Å²) in [5.74, 6) is 0. The van der Waals surface area contributed by atoms with Crippen LogP contribution in [0.5, 0.6) is 0 Å². The van der Waals surface area contributed by atoms with Crippen LogP contribution in [0.4, 0.5) is 0 Å². The Morgan fingerprint density at radius 1 is 0.265 bits per heavy atom. The zero-order valence-electron chi connectivity index (χ0n) is 24.7. The van der Waals surface area contributed by atoms with E-state index in [4.69, 9.17) is 0 Å². The van der Waals surface area contributed by atoms with Gasteiger partial charge in [-0.3, -0.25) is 0 Å². The standard InChI is InChI=1S/C33H69P/c1-4-6-8-10-12-14-16-18-20-22-24-26-28-30-32-34(3)33-31-29-27-25-23-21-19-17-15-13-11-9-7-5-2/h4-33H2,1-3H3. The van der Waals surface area contributed by atoms with Crippen molar-refractivity contribution in [2.45, 2.75) is 194 Å². The van der Waals surface area contributed by atoms with E-state index in [2.05, 4.69) is 20.5 Å². The van der Waals surface area contributed by atoms with Gasteiger partial charge in [-0.15, -0.1) is 7.92 Å². The van der Waals surface area contributed by atoms with Crippen molar-refractivity contribution in [3.05, 3.63) is 0 Å². The molecule has 206 valence electrons. The molecule has 0 rings (SSSR count). The topological polar surface area (TPSA) is 0 Å². The van der Waals surface area contributed by atoms with Crippen molar-refractivity contribution in [1.82, 2.24) is 0 Å². The third-order valence-corrected chi connectivity index (χ3v) is 9.95. The molecule has 0 aliphatic rings. The Balaban J connectivity index is 3.13. The first kappa shape index (κ1) is 34.4. The van der Waals surface area contributed by atoms with Crippen LogP contribution in [0.25, 0.3) is 0 Å². The van der Waals surface area contributed by atoms with E-state index in [0.29, 0.717) is 7.92 Å². The molecule has 0 radical (unpaired) electrons. The maximum absolute atomic E-state index is 2.57. The lowest BCUT2D eigenvalue weighted by Crippen LogP contribution is -1.91. The molecule has 0 spiro atoms. The zero-order valence-corrected chi connectivity index (χ0v) is 25.6. The molecular weight excluding hydrogens is 427 g/mol. The second kappa shape index (κ2) is 31.5. The summed E-state index contributed by atoms with van der Waals surface area (Å²) in [6, 6.07) is 0. The molecule has 34 heavy (non-hydrogen) atoms. The first-order valence-electron chi connectivity index (χ1n) is 16.5. The van der Waals surface area contributed by atoms with Crippen molar-refractivity contribution in [3.8, 4) is 0 Å².